The average Bonchev–Trinajstić information content (AvgIpc) is 1.13. The number of rotatable bonds is 63. The third-order valence-corrected chi connectivity index (χ3v) is 16.8. The minimum absolute atomic E-state index is 0.110. The molecule has 0 radical (unpaired) electrons. The topological polar surface area (TPSA) is 175 Å². The van der Waals surface area contributed by atoms with Gasteiger partial charge in [0.15, 0.2) is 12.4 Å². The van der Waals surface area contributed by atoms with E-state index in [0.717, 1.165) is 128 Å². The number of nitrogens with one attached hydrogen (secondary N) is 1. The summed E-state index contributed by atoms with van der Waals surface area (Å²) in [7, 11) is 0. The summed E-state index contributed by atoms with van der Waals surface area (Å²) >= 11 is 0. The van der Waals surface area contributed by atoms with Crippen LogP contribution in [-0.2, 0) is 23.8 Å². The molecule has 1 fully saturated rings. The first-order chi connectivity index (χ1) is 44.7. The van der Waals surface area contributed by atoms with E-state index >= 15 is 0 Å². The Bertz CT molecular complexity index is 1950. The van der Waals surface area contributed by atoms with E-state index in [1.54, 1.807) is 6.08 Å². The highest BCUT2D eigenvalue weighted by atomic mass is 16.7. The Hall–Kier alpha value is -3.94. The summed E-state index contributed by atoms with van der Waals surface area (Å²) in [5, 5.41) is 57.3. The maximum Gasteiger partial charge on any atom is 0.306 e. The van der Waals surface area contributed by atoms with Crippen molar-refractivity contribution in [3.63, 3.8) is 0 Å². The van der Waals surface area contributed by atoms with E-state index < -0.39 is 67.4 Å². The quantitative estimate of drug-likeness (QED) is 0.0195. The van der Waals surface area contributed by atoms with Crippen LogP contribution < -0.4 is 5.32 Å². The van der Waals surface area contributed by atoms with Crippen LogP contribution in [0.4, 0.5) is 0 Å². The Morgan fingerprint density at radius 3 is 1.21 bits per heavy atom. The normalized spacial score (nSPS) is 18.7. The molecule has 11 nitrogen and oxygen atoms in total. The number of unbranched alkanes of at least 4 members (excludes halogenated alkanes) is 31. The smallest absolute Gasteiger partial charge is 0.306 e. The number of amides is 1. The molecular weight excluding hydrogens is 1130 g/mol. The first-order valence-electron chi connectivity index (χ1n) is 37.3. The van der Waals surface area contributed by atoms with Crippen molar-refractivity contribution in [2.75, 3.05) is 13.2 Å². The molecule has 0 aromatic rings. The van der Waals surface area contributed by atoms with Gasteiger partial charge < -0.3 is 45.1 Å². The number of carbonyl (C=O) groups is 2. The lowest BCUT2D eigenvalue weighted by Gasteiger charge is -2.41. The Morgan fingerprint density at radius 2 is 0.791 bits per heavy atom. The number of allylic oxidation sites excluding steroid dienone is 19. The molecule has 1 rings (SSSR count). The van der Waals surface area contributed by atoms with E-state index in [4.69, 9.17) is 14.2 Å². The lowest BCUT2D eigenvalue weighted by molar-refractivity contribution is -0.305. The van der Waals surface area contributed by atoms with Crippen molar-refractivity contribution in [2.24, 2.45) is 0 Å². The van der Waals surface area contributed by atoms with Crippen LogP contribution in [0, 0.1) is 0 Å². The standard InChI is InChI=1S/C80H137NO10/c1-4-7-10-13-16-19-22-24-26-28-30-32-34-36-38-39-41-43-45-47-49-52-55-58-61-64-67-73(84)79(88)81-71(72(83)66-63-60-57-54-51-21-18-15-12-9-6-3)70-89-80-78(77(87)76(86)74(69-82)90-80)91-75(85)68-65-62-59-56-53-50-48-46-44-42-40-37-35-33-31-29-27-25-23-20-17-14-11-8-5-2/h8,11,16-17,19-20,24-27,30-33,36-38,40,63,66,71-74,76-78,80,82-84,86-87H,4-7,9-10,12-15,18,21-23,28-29,34-35,39,41-62,64-65,67-70H2,1-3H3,(H,81,88)/b11-8-,19-16-,20-17-,26-24-,27-25-,32-30-,33-31-,38-36-,40-37-,66-63+. The molecule has 0 saturated carbocycles. The molecule has 1 saturated heterocycles. The maximum atomic E-state index is 13.5. The van der Waals surface area contributed by atoms with E-state index in [1.807, 2.05) is 6.08 Å². The highest BCUT2D eigenvalue weighted by Gasteiger charge is 2.47. The van der Waals surface area contributed by atoms with Crippen LogP contribution in [0.15, 0.2) is 122 Å². The van der Waals surface area contributed by atoms with Gasteiger partial charge in [-0.2, -0.15) is 0 Å². The predicted octanol–water partition coefficient (Wildman–Crippen LogP) is 19.7. The summed E-state index contributed by atoms with van der Waals surface area (Å²) in [6.07, 6.45) is 82.4. The average molecular weight is 1270 g/mol. The van der Waals surface area contributed by atoms with Crippen LogP contribution in [0.2, 0.25) is 0 Å². The highest BCUT2D eigenvalue weighted by Crippen LogP contribution is 2.26. The molecule has 0 aromatic carbocycles. The maximum absolute atomic E-state index is 13.5. The van der Waals surface area contributed by atoms with E-state index in [1.165, 1.54) is 135 Å². The molecule has 8 unspecified atom stereocenters. The van der Waals surface area contributed by atoms with Gasteiger partial charge in [-0.1, -0.05) is 309 Å². The number of ether oxygens (including phenoxy) is 3. The molecule has 0 aliphatic carbocycles. The first kappa shape index (κ1) is 85.1. The zero-order valence-corrected chi connectivity index (χ0v) is 58.2. The van der Waals surface area contributed by atoms with Crippen molar-refractivity contribution in [3.05, 3.63) is 122 Å². The van der Waals surface area contributed by atoms with Crippen molar-refractivity contribution in [1.29, 1.82) is 0 Å². The third-order valence-electron chi connectivity index (χ3n) is 16.8. The van der Waals surface area contributed by atoms with Crippen molar-refractivity contribution in [1.82, 2.24) is 5.32 Å². The first-order valence-corrected chi connectivity index (χ1v) is 37.3. The number of aliphatic hydroxyl groups excluding tert-OH is 5. The third kappa shape index (κ3) is 53.1. The van der Waals surface area contributed by atoms with Gasteiger partial charge in [-0.05, 0) is 116 Å². The number of aliphatic hydroxyl groups is 5. The van der Waals surface area contributed by atoms with Crippen LogP contribution in [0.3, 0.4) is 0 Å². The summed E-state index contributed by atoms with van der Waals surface area (Å²) in [6.45, 7) is 5.66. The minimum Gasteiger partial charge on any atom is -0.454 e. The van der Waals surface area contributed by atoms with Crippen molar-refractivity contribution in [3.8, 4) is 0 Å². The van der Waals surface area contributed by atoms with Crippen molar-refractivity contribution in [2.45, 2.75) is 359 Å². The van der Waals surface area contributed by atoms with Crippen LogP contribution in [0.1, 0.15) is 310 Å². The van der Waals surface area contributed by atoms with Gasteiger partial charge in [0.1, 0.15) is 24.4 Å². The molecule has 1 aliphatic rings. The lowest BCUT2D eigenvalue weighted by Crippen LogP contribution is -2.61. The van der Waals surface area contributed by atoms with Gasteiger partial charge in [-0.15, -0.1) is 0 Å². The molecular formula is C80H137NO10. The van der Waals surface area contributed by atoms with Gasteiger partial charge in [0.25, 0.3) is 0 Å². The van der Waals surface area contributed by atoms with Gasteiger partial charge in [-0.25, -0.2) is 0 Å². The van der Waals surface area contributed by atoms with Gasteiger partial charge in [-0.3, -0.25) is 9.59 Å². The molecule has 6 N–H and O–H groups in total. The van der Waals surface area contributed by atoms with E-state index in [2.05, 4.69) is 135 Å². The molecule has 91 heavy (non-hydrogen) atoms. The number of hydrogen-bond acceptors (Lipinski definition) is 10. The minimum atomic E-state index is -1.62. The molecule has 1 aliphatic heterocycles. The van der Waals surface area contributed by atoms with Crippen molar-refractivity contribution >= 4 is 11.9 Å². The molecule has 1 amide bonds. The number of esters is 1. The largest absolute Gasteiger partial charge is 0.454 e. The Balaban J connectivity index is 2.53. The second-order valence-corrected chi connectivity index (χ2v) is 25.3. The SMILES string of the molecule is CC/C=C\C/C=C\C/C=C\C/C=C\C/C=C\CCCCCCCCCCCC(=O)OC1C(OCC(NC(=O)C(O)CCCCCCCCCCCC/C=C\C/C=C\C/C=C\C/C=C\CCCCC)C(O)/C=C/CCCCCCCCCCC)OC(CO)C(O)C1O. The molecule has 522 valence electrons. The van der Waals surface area contributed by atoms with Gasteiger partial charge in [0.2, 0.25) is 5.91 Å². The van der Waals surface area contributed by atoms with Crippen LogP contribution in [0.5, 0.6) is 0 Å². The Labute approximate surface area is 557 Å². The van der Waals surface area contributed by atoms with E-state index in [9.17, 15) is 35.1 Å². The molecule has 0 bridgehead atoms. The van der Waals surface area contributed by atoms with E-state index in [0.29, 0.717) is 12.8 Å². The summed E-state index contributed by atoms with van der Waals surface area (Å²) < 4.78 is 17.7. The fourth-order valence-electron chi connectivity index (χ4n) is 11.0. The molecule has 0 spiro atoms. The Kier molecular flexibility index (Phi) is 61.8. The second-order valence-electron chi connectivity index (χ2n) is 25.3. The fourth-order valence-corrected chi connectivity index (χ4v) is 11.0. The monoisotopic (exact) mass is 1270 g/mol. The summed E-state index contributed by atoms with van der Waals surface area (Å²) in [5.41, 5.74) is 0. The predicted molar refractivity (Wildman–Crippen MR) is 384 cm³/mol. The summed E-state index contributed by atoms with van der Waals surface area (Å²) in [4.78, 5) is 26.7. The van der Waals surface area contributed by atoms with Crippen molar-refractivity contribution < 1.29 is 49.3 Å². The van der Waals surface area contributed by atoms with Crippen LogP contribution in [0.25, 0.3) is 0 Å². The summed E-state index contributed by atoms with van der Waals surface area (Å²) in [6, 6.07) is -1.04. The van der Waals surface area contributed by atoms with Crippen LogP contribution >= 0.6 is 0 Å². The van der Waals surface area contributed by atoms with Gasteiger partial charge in [0, 0.05) is 6.42 Å². The molecule has 1 heterocycles. The fraction of sp³-hybridized carbons (Fsp3) is 0.725. The van der Waals surface area contributed by atoms with Gasteiger partial charge in [0.05, 0.1) is 25.4 Å². The zero-order valence-electron chi connectivity index (χ0n) is 58.2. The second kappa shape index (κ2) is 66.1. The molecule has 11 heteroatoms. The Morgan fingerprint density at radius 1 is 0.440 bits per heavy atom. The highest BCUT2D eigenvalue weighted by molar-refractivity contribution is 5.80. The number of hydrogen-bond donors (Lipinski definition) is 6. The lowest BCUT2D eigenvalue weighted by atomic mass is 9.99. The van der Waals surface area contributed by atoms with E-state index in [-0.39, 0.29) is 19.4 Å². The number of carbonyl (C=O) groups excluding carboxylic acids is 2. The molecule has 0 aromatic heterocycles. The zero-order chi connectivity index (χ0) is 66.0. The molecule has 8 atom stereocenters. The van der Waals surface area contributed by atoms with Gasteiger partial charge >= 0.3 is 5.97 Å². The summed E-state index contributed by atoms with van der Waals surface area (Å²) in [5.74, 6) is -1.21. The van der Waals surface area contributed by atoms with Crippen LogP contribution in [-0.4, -0.2) is 99.6 Å².